The summed E-state index contributed by atoms with van der Waals surface area (Å²) in [5.41, 5.74) is -0.170. The van der Waals surface area contributed by atoms with E-state index >= 15 is 0 Å². The van der Waals surface area contributed by atoms with Crippen LogP contribution in [0.3, 0.4) is 0 Å². The van der Waals surface area contributed by atoms with Gasteiger partial charge in [0.2, 0.25) is 0 Å². The Hall–Kier alpha value is -2.74. The molecule has 1 aromatic carbocycles. The molecule has 3 N–H and O–H groups in total. The van der Waals surface area contributed by atoms with E-state index in [0.29, 0.717) is 11.8 Å². The number of hydrogen-bond acceptors (Lipinski definition) is 4. The smallest absolute Gasteiger partial charge is 0.313 e. The molecule has 2 aromatic rings. The second kappa shape index (κ2) is 7.69. The zero-order valence-electron chi connectivity index (χ0n) is 12.8. The van der Waals surface area contributed by atoms with Gasteiger partial charge in [0.05, 0.1) is 6.26 Å². The molecule has 0 saturated carbocycles. The van der Waals surface area contributed by atoms with Gasteiger partial charge in [-0.15, -0.1) is 0 Å². The number of amides is 2. The predicted octanol–water partition coefficient (Wildman–Crippen LogP) is 2.12. The second-order valence-corrected chi connectivity index (χ2v) is 5.25. The summed E-state index contributed by atoms with van der Waals surface area (Å²) in [6.07, 6.45) is 0.602. The summed E-state index contributed by atoms with van der Waals surface area (Å²) in [4.78, 5) is 23.5. The van der Waals surface area contributed by atoms with Crippen LogP contribution in [-0.2, 0) is 9.59 Å². The number of furan rings is 1. The lowest BCUT2D eigenvalue weighted by atomic mass is 10.1. The van der Waals surface area contributed by atoms with Crippen molar-refractivity contribution in [3.63, 3.8) is 0 Å². The first kappa shape index (κ1) is 17.6. The number of aliphatic hydroxyl groups excluding tert-OH is 1. The van der Waals surface area contributed by atoms with Crippen molar-refractivity contribution in [2.75, 3.05) is 5.32 Å². The normalized spacial score (nSPS) is 13.2. The minimum absolute atomic E-state index is 0.126. The molecule has 2 rings (SSSR count). The molecule has 1 heterocycles. The van der Waals surface area contributed by atoms with Crippen molar-refractivity contribution in [1.29, 1.82) is 0 Å². The topological polar surface area (TPSA) is 91.6 Å². The van der Waals surface area contributed by atoms with Crippen LogP contribution in [0.1, 0.15) is 25.2 Å². The second-order valence-electron chi connectivity index (χ2n) is 5.25. The number of halogens is 2. The number of aliphatic hydroxyl groups is 1. The van der Waals surface area contributed by atoms with Crippen molar-refractivity contribution >= 4 is 17.5 Å². The van der Waals surface area contributed by atoms with Crippen molar-refractivity contribution in [3.05, 3.63) is 54.0 Å². The molecule has 2 amide bonds. The fourth-order valence-corrected chi connectivity index (χ4v) is 2.09. The van der Waals surface area contributed by atoms with Crippen molar-refractivity contribution in [2.24, 2.45) is 0 Å². The molecule has 2 atom stereocenters. The summed E-state index contributed by atoms with van der Waals surface area (Å²) < 4.78 is 31.1. The standard InChI is InChI=1S/C16H16F2N2O4/c1-9(5-13(21)14-3-2-4-24-14)19-15(22)16(23)20-12-7-10(17)6-11(18)8-12/h2-4,6-9,13,21H,5H2,1H3,(H,19,22)(H,20,23). The summed E-state index contributed by atoms with van der Waals surface area (Å²) in [5.74, 6) is -3.46. The third-order valence-corrected chi connectivity index (χ3v) is 3.15. The highest BCUT2D eigenvalue weighted by molar-refractivity contribution is 6.39. The molecule has 0 aliphatic heterocycles. The molecule has 128 valence electrons. The van der Waals surface area contributed by atoms with Crippen molar-refractivity contribution in [2.45, 2.75) is 25.5 Å². The van der Waals surface area contributed by atoms with Gasteiger partial charge in [-0.05, 0) is 31.2 Å². The summed E-state index contributed by atoms with van der Waals surface area (Å²) >= 11 is 0. The fourth-order valence-electron chi connectivity index (χ4n) is 2.09. The van der Waals surface area contributed by atoms with Gasteiger partial charge in [0.25, 0.3) is 0 Å². The van der Waals surface area contributed by atoms with Crippen LogP contribution in [0.4, 0.5) is 14.5 Å². The molecular weight excluding hydrogens is 322 g/mol. The molecule has 0 fully saturated rings. The van der Waals surface area contributed by atoms with Crippen LogP contribution >= 0.6 is 0 Å². The Morgan fingerprint density at radius 2 is 1.88 bits per heavy atom. The first-order valence-corrected chi connectivity index (χ1v) is 7.14. The van der Waals surface area contributed by atoms with Crippen LogP contribution < -0.4 is 10.6 Å². The molecule has 0 spiro atoms. The largest absolute Gasteiger partial charge is 0.467 e. The zero-order chi connectivity index (χ0) is 17.7. The van der Waals surface area contributed by atoms with Gasteiger partial charge in [0.1, 0.15) is 23.5 Å². The number of anilines is 1. The minimum atomic E-state index is -1.07. The maximum atomic E-state index is 13.0. The van der Waals surface area contributed by atoms with Gasteiger partial charge in [-0.1, -0.05) is 0 Å². The summed E-state index contributed by atoms with van der Waals surface area (Å²) in [6, 6.07) is 5.09. The highest BCUT2D eigenvalue weighted by Gasteiger charge is 2.20. The Morgan fingerprint density at radius 3 is 2.46 bits per heavy atom. The van der Waals surface area contributed by atoms with E-state index in [1.54, 1.807) is 19.1 Å². The average Bonchev–Trinajstić information content (AvgIpc) is 2.99. The molecule has 2 unspecified atom stereocenters. The van der Waals surface area contributed by atoms with E-state index < -0.39 is 35.6 Å². The van der Waals surface area contributed by atoms with E-state index in [-0.39, 0.29) is 12.1 Å². The van der Waals surface area contributed by atoms with E-state index in [2.05, 4.69) is 10.6 Å². The molecule has 0 aliphatic carbocycles. The number of carbonyl (C=O) groups excluding carboxylic acids is 2. The van der Waals surface area contributed by atoms with Crippen LogP contribution in [0.25, 0.3) is 0 Å². The minimum Gasteiger partial charge on any atom is -0.467 e. The third-order valence-electron chi connectivity index (χ3n) is 3.15. The van der Waals surface area contributed by atoms with Gasteiger partial charge in [0.15, 0.2) is 0 Å². The van der Waals surface area contributed by atoms with Crippen LogP contribution in [0.2, 0.25) is 0 Å². The zero-order valence-corrected chi connectivity index (χ0v) is 12.8. The first-order valence-electron chi connectivity index (χ1n) is 7.14. The highest BCUT2D eigenvalue weighted by Crippen LogP contribution is 2.18. The summed E-state index contributed by atoms with van der Waals surface area (Å²) in [5, 5.41) is 14.4. The van der Waals surface area contributed by atoms with E-state index in [1.165, 1.54) is 6.26 Å². The van der Waals surface area contributed by atoms with Crippen molar-refractivity contribution in [1.82, 2.24) is 5.32 Å². The van der Waals surface area contributed by atoms with Gasteiger partial charge in [0, 0.05) is 24.2 Å². The molecule has 0 aliphatic rings. The summed E-state index contributed by atoms with van der Waals surface area (Å²) in [6.45, 7) is 1.60. The lowest BCUT2D eigenvalue weighted by molar-refractivity contribution is -0.136. The molecule has 24 heavy (non-hydrogen) atoms. The third kappa shape index (κ3) is 4.88. The van der Waals surface area contributed by atoms with Gasteiger partial charge >= 0.3 is 11.8 Å². The molecule has 0 radical (unpaired) electrons. The molecule has 0 bridgehead atoms. The molecule has 1 aromatic heterocycles. The van der Waals surface area contributed by atoms with Gasteiger partial charge in [-0.3, -0.25) is 9.59 Å². The predicted molar refractivity (Wildman–Crippen MR) is 80.9 cm³/mol. The van der Waals surface area contributed by atoms with Gasteiger partial charge in [-0.25, -0.2) is 8.78 Å². The first-order chi connectivity index (χ1) is 11.3. The lowest BCUT2D eigenvalue weighted by Crippen LogP contribution is -2.41. The van der Waals surface area contributed by atoms with Crippen LogP contribution in [-0.4, -0.2) is 23.0 Å². The number of carbonyl (C=O) groups is 2. The van der Waals surface area contributed by atoms with E-state index in [0.717, 1.165) is 12.1 Å². The van der Waals surface area contributed by atoms with Crippen molar-refractivity contribution < 1.29 is 27.9 Å². The Kier molecular flexibility index (Phi) is 5.64. The van der Waals surface area contributed by atoms with Gasteiger partial charge < -0.3 is 20.2 Å². The summed E-state index contributed by atoms with van der Waals surface area (Å²) in [7, 11) is 0. The number of nitrogens with one attached hydrogen (secondary N) is 2. The van der Waals surface area contributed by atoms with E-state index in [9.17, 15) is 23.5 Å². The Bertz CT molecular complexity index is 699. The van der Waals surface area contributed by atoms with Crippen LogP contribution in [0, 0.1) is 11.6 Å². The van der Waals surface area contributed by atoms with Crippen LogP contribution in [0.5, 0.6) is 0 Å². The Labute approximate surface area is 136 Å². The van der Waals surface area contributed by atoms with Gasteiger partial charge in [-0.2, -0.15) is 0 Å². The fraction of sp³-hybridized carbons (Fsp3) is 0.250. The monoisotopic (exact) mass is 338 g/mol. The molecule has 8 heteroatoms. The Balaban J connectivity index is 1.87. The molecular formula is C16H16F2N2O4. The molecule has 0 saturated heterocycles. The average molecular weight is 338 g/mol. The number of hydrogen-bond donors (Lipinski definition) is 3. The quantitative estimate of drug-likeness (QED) is 0.728. The lowest BCUT2D eigenvalue weighted by Gasteiger charge is -2.16. The highest BCUT2D eigenvalue weighted by atomic mass is 19.1. The maximum Gasteiger partial charge on any atom is 0.313 e. The maximum absolute atomic E-state index is 13.0. The number of benzene rings is 1. The van der Waals surface area contributed by atoms with Crippen molar-refractivity contribution in [3.8, 4) is 0 Å². The molecule has 6 nitrogen and oxygen atoms in total. The van der Waals surface area contributed by atoms with Crippen LogP contribution in [0.15, 0.2) is 41.0 Å². The van der Waals surface area contributed by atoms with E-state index in [1.807, 2.05) is 0 Å². The van der Waals surface area contributed by atoms with E-state index in [4.69, 9.17) is 4.42 Å². The Morgan fingerprint density at radius 1 is 1.21 bits per heavy atom. The number of rotatable bonds is 5. The SMILES string of the molecule is CC(CC(O)c1ccco1)NC(=O)C(=O)Nc1cc(F)cc(F)c1.